The summed E-state index contributed by atoms with van der Waals surface area (Å²) >= 11 is 1.67. The Labute approximate surface area is 105 Å². The number of aromatic nitrogens is 2. The average molecular weight is 248 g/mol. The molecule has 0 radical (unpaired) electrons. The highest BCUT2D eigenvalue weighted by molar-refractivity contribution is 7.16. The molecular weight excluding hydrogens is 232 g/mol. The highest BCUT2D eigenvalue weighted by Gasteiger charge is 2.20. The highest BCUT2D eigenvalue weighted by atomic mass is 32.1. The third kappa shape index (κ3) is 2.00. The Morgan fingerprint density at radius 1 is 1.47 bits per heavy atom. The van der Waals surface area contributed by atoms with Crippen molar-refractivity contribution in [2.75, 3.05) is 25.0 Å². The van der Waals surface area contributed by atoms with Gasteiger partial charge < -0.3 is 10.2 Å². The normalized spacial score (nSPS) is 20.6. The third-order valence-electron chi connectivity index (χ3n) is 3.39. The lowest BCUT2D eigenvalue weighted by atomic mass is 10.1. The van der Waals surface area contributed by atoms with Crippen LogP contribution in [-0.4, -0.2) is 36.1 Å². The molecule has 5 heteroatoms. The summed E-state index contributed by atoms with van der Waals surface area (Å²) in [4.78, 5) is 12.1. The van der Waals surface area contributed by atoms with Crippen LogP contribution in [0.5, 0.6) is 0 Å². The zero-order valence-electron chi connectivity index (χ0n) is 9.89. The summed E-state index contributed by atoms with van der Waals surface area (Å²) in [5.74, 6) is 1.06. The van der Waals surface area contributed by atoms with Crippen LogP contribution in [0.25, 0.3) is 10.2 Å². The number of thiophene rings is 1. The van der Waals surface area contributed by atoms with Crippen molar-refractivity contribution in [3.8, 4) is 0 Å². The first kappa shape index (κ1) is 10.9. The van der Waals surface area contributed by atoms with E-state index in [1.54, 1.807) is 17.7 Å². The maximum atomic E-state index is 4.45. The van der Waals surface area contributed by atoms with E-state index in [1.165, 1.54) is 18.2 Å². The van der Waals surface area contributed by atoms with Gasteiger partial charge in [-0.3, -0.25) is 0 Å². The van der Waals surface area contributed by atoms with Gasteiger partial charge in [0.05, 0.1) is 5.39 Å². The Balaban J connectivity index is 1.94. The minimum absolute atomic E-state index is 0.543. The quantitative estimate of drug-likeness (QED) is 0.881. The lowest BCUT2D eigenvalue weighted by Crippen LogP contribution is -2.44. The van der Waals surface area contributed by atoms with Crippen LogP contribution in [-0.2, 0) is 0 Å². The first-order valence-corrected chi connectivity index (χ1v) is 6.86. The van der Waals surface area contributed by atoms with Gasteiger partial charge in [0.15, 0.2) is 0 Å². The van der Waals surface area contributed by atoms with Gasteiger partial charge in [-0.05, 0) is 30.8 Å². The van der Waals surface area contributed by atoms with Gasteiger partial charge in [0.25, 0.3) is 0 Å². The van der Waals surface area contributed by atoms with E-state index >= 15 is 0 Å². The molecule has 0 saturated carbocycles. The number of nitrogens with one attached hydrogen (secondary N) is 1. The number of fused-ring (bicyclic) bond motifs is 1. The molecule has 0 spiro atoms. The monoisotopic (exact) mass is 248 g/mol. The van der Waals surface area contributed by atoms with Crippen molar-refractivity contribution in [2.45, 2.75) is 18.9 Å². The van der Waals surface area contributed by atoms with E-state index in [0.29, 0.717) is 6.04 Å². The first-order valence-electron chi connectivity index (χ1n) is 5.98. The van der Waals surface area contributed by atoms with Crippen LogP contribution in [0.1, 0.15) is 12.8 Å². The Morgan fingerprint density at radius 3 is 3.24 bits per heavy atom. The van der Waals surface area contributed by atoms with Gasteiger partial charge in [0, 0.05) is 19.6 Å². The number of nitrogens with zero attached hydrogens (tertiary/aromatic N) is 3. The number of hydrogen-bond donors (Lipinski definition) is 1. The second-order valence-electron chi connectivity index (χ2n) is 4.45. The SMILES string of the molecule is CN(c1ncnc2sccc12)C1CCCNC1. The van der Waals surface area contributed by atoms with Gasteiger partial charge in [-0.25, -0.2) is 9.97 Å². The van der Waals surface area contributed by atoms with E-state index in [2.05, 4.69) is 38.7 Å². The molecule has 1 aliphatic rings. The Kier molecular flexibility index (Phi) is 2.94. The summed E-state index contributed by atoms with van der Waals surface area (Å²) in [5, 5.41) is 6.70. The fourth-order valence-electron chi connectivity index (χ4n) is 2.39. The summed E-state index contributed by atoms with van der Waals surface area (Å²) in [6.07, 6.45) is 4.15. The molecule has 3 rings (SSSR count). The second-order valence-corrected chi connectivity index (χ2v) is 5.34. The maximum Gasteiger partial charge on any atom is 0.140 e. The van der Waals surface area contributed by atoms with Gasteiger partial charge in [-0.2, -0.15) is 0 Å². The first-order chi connectivity index (χ1) is 8.36. The minimum atomic E-state index is 0.543. The third-order valence-corrected chi connectivity index (χ3v) is 4.21. The number of anilines is 1. The van der Waals surface area contributed by atoms with Gasteiger partial charge in [-0.15, -0.1) is 11.3 Å². The Hall–Kier alpha value is -1.20. The van der Waals surface area contributed by atoms with E-state index < -0.39 is 0 Å². The van der Waals surface area contributed by atoms with Crippen LogP contribution in [0.2, 0.25) is 0 Å². The smallest absolute Gasteiger partial charge is 0.140 e. The van der Waals surface area contributed by atoms with Crippen LogP contribution < -0.4 is 10.2 Å². The molecule has 0 amide bonds. The van der Waals surface area contributed by atoms with Crippen molar-refractivity contribution in [2.24, 2.45) is 0 Å². The van der Waals surface area contributed by atoms with Crippen LogP contribution in [0, 0.1) is 0 Å². The molecule has 2 aromatic rings. The van der Waals surface area contributed by atoms with Crippen molar-refractivity contribution in [3.63, 3.8) is 0 Å². The van der Waals surface area contributed by atoms with E-state index in [0.717, 1.165) is 23.7 Å². The molecule has 1 atom stereocenters. The topological polar surface area (TPSA) is 41.1 Å². The second kappa shape index (κ2) is 4.58. The van der Waals surface area contributed by atoms with Gasteiger partial charge in [-0.1, -0.05) is 0 Å². The van der Waals surface area contributed by atoms with Crippen molar-refractivity contribution in [1.82, 2.24) is 15.3 Å². The Bertz CT molecular complexity index is 504. The molecule has 2 aromatic heterocycles. The zero-order chi connectivity index (χ0) is 11.7. The number of piperidine rings is 1. The van der Waals surface area contributed by atoms with Crippen molar-refractivity contribution < 1.29 is 0 Å². The van der Waals surface area contributed by atoms with E-state index in [9.17, 15) is 0 Å². The van der Waals surface area contributed by atoms with E-state index in [4.69, 9.17) is 0 Å². The van der Waals surface area contributed by atoms with Gasteiger partial charge in [0.1, 0.15) is 17.0 Å². The molecule has 1 aliphatic heterocycles. The minimum Gasteiger partial charge on any atom is -0.355 e. The molecule has 17 heavy (non-hydrogen) atoms. The van der Waals surface area contributed by atoms with Crippen molar-refractivity contribution in [3.05, 3.63) is 17.8 Å². The fourth-order valence-corrected chi connectivity index (χ4v) is 3.12. The van der Waals surface area contributed by atoms with Crippen LogP contribution in [0.4, 0.5) is 5.82 Å². The largest absolute Gasteiger partial charge is 0.355 e. The molecular formula is C12H16N4S. The summed E-state index contributed by atoms with van der Waals surface area (Å²) in [5.41, 5.74) is 0. The predicted molar refractivity (Wildman–Crippen MR) is 71.7 cm³/mol. The van der Waals surface area contributed by atoms with Crippen LogP contribution in [0.15, 0.2) is 17.8 Å². The van der Waals surface area contributed by atoms with Gasteiger partial charge >= 0.3 is 0 Å². The van der Waals surface area contributed by atoms with Gasteiger partial charge in [0.2, 0.25) is 0 Å². The molecule has 1 N–H and O–H groups in total. The number of likely N-dealkylation sites (N-methyl/N-ethyl adjacent to an activating group) is 1. The van der Waals surface area contributed by atoms with E-state index in [1.807, 2.05) is 0 Å². The molecule has 0 aliphatic carbocycles. The van der Waals surface area contributed by atoms with E-state index in [-0.39, 0.29) is 0 Å². The van der Waals surface area contributed by atoms with Crippen LogP contribution >= 0.6 is 11.3 Å². The lowest BCUT2D eigenvalue weighted by Gasteiger charge is -2.32. The molecule has 1 unspecified atom stereocenters. The molecule has 1 saturated heterocycles. The Morgan fingerprint density at radius 2 is 2.41 bits per heavy atom. The standard InChI is InChI=1S/C12H16N4S/c1-16(9-3-2-5-13-7-9)11-10-4-6-17-12(10)15-8-14-11/h4,6,8-9,13H,2-3,5,7H2,1H3. The molecule has 3 heterocycles. The molecule has 0 aromatic carbocycles. The average Bonchev–Trinajstić information content (AvgIpc) is 2.87. The molecule has 1 fully saturated rings. The zero-order valence-corrected chi connectivity index (χ0v) is 10.7. The van der Waals surface area contributed by atoms with Crippen molar-refractivity contribution in [1.29, 1.82) is 0 Å². The summed E-state index contributed by atoms with van der Waals surface area (Å²) in [6, 6.07) is 2.66. The molecule has 0 bridgehead atoms. The highest BCUT2D eigenvalue weighted by Crippen LogP contribution is 2.27. The number of hydrogen-bond acceptors (Lipinski definition) is 5. The lowest BCUT2D eigenvalue weighted by molar-refractivity contribution is 0.444. The molecule has 4 nitrogen and oxygen atoms in total. The fraction of sp³-hybridized carbons (Fsp3) is 0.500. The molecule has 90 valence electrons. The summed E-state index contributed by atoms with van der Waals surface area (Å²) in [6.45, 7) is 2.19. The van der Waals surface area contributed by atoms with Crippen LogP contribution in [0.3, 0.4) is 0 Å². The predicted octanol–water partition coefficient (Wildman–Crippen LogP) is 1.88. The summed E-state index contributed by atoms with van der Waals surface area (Å²) in [7, 11) is 2.14. The number of rotatable bonds is 2. The maximum absolute atomic E-state index is 4.45. The summed E-state index contributed by atoms with van der Waals surface area (Å²) < 4.78 is 0. The van der Waals surface area contributed by atoms with Crippen molar-refractivity contribution >= 4 is 27.4 Å².